The summed E-state index contributed by atoms with van der Waals surface area (Å²) in [6, 6.07) is 10.9. The van der Waals surface area contributed by atoms with E-state index in [1.807, 2.05) is 7.05 Å². The van der Waals surface area contributed by atoms with Crippen LogP contribution in [0.3, 0.4) is 0 Å². The molecule has 154 valence electrons. The standard InChI is InChI=1S/C22H27N3O4/c1-4-15-8-10-16(11-9-15)13-25(3)14-17-19(21(26)28-5-2)20(24-22(27)23-17)18-7-6-12-29-18/h6-12,20H,4-5,13-14H2,1-3H3,(H2,23,24,27)/p+1/t20-/m1/s1. The van der Waals surface area contributed by atoms with Gasteiger partial charge in [0, 0.05) is 5.56 Å². The third-order valence-corrected chi connectivity index (χ3v) is 4.89. The molecule has 2 amide bonds. The number of ether oxygens (including phenoxy) is 1. The molecule has 1 aromatic heterocycles. The first-order valence-electron chi connectivity index (χ1n) is 9.92. The number of hydrogen-bond donors (Lipinski definition) is 3. The molecule has 7 heteroatoms. The maximum Gasteiger partial charge on any atom is 0.338 e. The zero-order chi connectivity index (χ0) is 20.8. The number of hydrogen-bond acceptors (Lipinski definition) is 4. The van der Waals surface area contributed by atoms with E-state index in [0.29, 0.717) is 23.6 Å². The van der Waals surface area contributed by atoms with E-state index in [-0.39, 0.29) is 12.6 Å². The minimum absolute atomic E-state index is 0.251. The highest BCUT2D eigenvalue weighted by atomic mass is 16.5. The molecule has 2 heterocycles. The lowest BCUT2D eigenvalue weighted by atomic mass is 9.99. The molecular weight excluding hydrogens is 370 g/mol. The summed E-state index contributed by atoms with van der Waals surface area (Å²) in [5.74, 6) is 0.0321. The van der Waals surface area contributed by atoms with Crippen LogP contribution in [0.4, 0.5) is 4.79 Å². The molecule has 0 saturated carbocycles. The molecule has 1 unspecified atom stereocenters. The highest BCUT2D eigenvalue weighted by Gasteiger charge is 2.36. The molecule has 1 aromatic carbocycles. The lowest BCUT2D eigenvalue weighted by molar-refractivity contribution is -0.889. The first kappa shape index (κ1) is 20.7. The summed E-state index contributed by atoms with van der Waals surface area (Å²) in [6.45, 7) is 5.37. The van der Waals surface area contributed by atoms with E-state index < -0.39 is 12.0 Å². The monoisotopic (exact) mass is 398 g/mol. The second kappa shape index (κ2) is 9.43. The Labute approximate surface area is 170 Å². The van der Waals surface area contributed by atoms with Gasteiger partial charge in [-0.25, -0.2) is 9.59 Å². The highest BCUT2D eigenvalue weighted by Crippen LogP contribution is 2.27. The van der Waals surface area contributed by atoms with Gasteiger partial charge < -0.3 is 24.7 Å². The van der Waals surface area contributed by atoms with Crippen molar-refractivity contribution in [2.24, 2.45) is 0 Å². The smallest absolute Gasteiger partial charge is 0.338 e. The number of carbonyl (C=O) groups is 2. The quantitative estimate of drug-likeness (QED) is 0.591. The van der Waals surface area contributed by atoms with Crippen molar-refractivity contribution in [2.45, 2.75) is 32.9 Å². The number of furan rings is 1. The normalized spacial score (nSPS) is 17.5. The van der Waals surface area contributed by atoms with Gasteiger partial charge in [-0.3, -0.25) is 0 Å². The van der Waals surface area contributed by atoms with Gasteiger partial charge in [0.25, 0.3) is 0 Å². The molecule has 0 fully saturated rings. The van der Waals surface area contributed by atoms with Gasteiger partial charge in [-0.15, -0.1) is 0 Å². The zero-order valence-electron chi connectivity index (χ0n) is 17.1. The molecular formula is C22H28N3O4+. The van der Waals surface area contributed by atoms with Crippen molar-refractivity contribution in [3.8, 4) is 0 Å². The maximum absolute atomic E-state index is 12.7. The Balaban J connectivity index is 1.85. The summed E-state index contributed by atoms with van der Waals surface area (Å²) >= 11 is 0. The third-order valence-electron chi connectivity index (χ3n) is 4.89. The number of nitrogens with one attached hydrogen (secondary N) is 3. The van der Waals surface area contributed by atoms with E-state index in [9.17, 15) is 9.59 Å². The summed E-state index contributed by atoms with van der Waals surface area (Å²) in [6.07, 6.45) is 2.52. The van der Waals surface area contributed by atoms with Crippen LogP contribution >= 0.6 is 0 Å². The van der Waals surface area contributed by atoms with Crippen LogP contribution in [-0.4, -0.2) is 32.2 Å². The van der Waals surface area contributed by atoms with E-state index >= 15 is 0 Å². The van der Waals surface area contributed by atoms with Crippen molar-refractivity contribution < 1.29 is 23.6 Å². The molecule has 0 saturated heterocycles. The number of rotatable bonds is 8. The van der Waals surface area contributed by atoms with Crippen LogP contribution in [0.2, 0.25) is 0 Å². The van der Waals surface area contributed by atoms with Crippen molar-refractivity contribution >= 4 is 12.0 Å². The van der Waals surface area contributed by atoms with Crippen LogP contribution in [0.1, 0.15) is 36.8 Å². The van der Waals surface area contributed by atoms with Crippen LogP contribution in [0.15, 0.2) is 58.3 Å². The predicted octanol–water partition coefficient (Wildman–Crippen LogP) is 1.73. The summed E-state index contributed by atoms with van der Waals surface area (Å²) in [5.41, 5.74) is 3.42. The van der Waals surface area contributed by atoms with E-state index in [0.717, 1.165) is 17.9 Å². The Kier molecular flexibility index (Phi) is 6.72. The number of amides is 2. The lowest BCUT2D eigenvalue weighted by Crippen LogP contribution is -3.08. The van der Waals surface area contributed by atoms with Gasteiger partial charge in [0.15, 0.2) is 0 Å². The minimum atomic E-state index is -0.676. The maximum atomic E-state index is 12.7. The van der Waals surface area contributed by atoms with Gasteiger partial charge >= 0.3 is 12.0 Å². The number of urea groups is 1. The SMILES string of the molecule is CCOC(=O)C1=C(C[NH+](C)Cc2ccc(CC)cc2)NC(=O)N[C@@H]1c1ccco1. The number of benzene rings is 1. The fourth-order valence-electron chi connectivity index (χ4n) is 3.48. The fraction of sp³-hybridized carbons (Fsp3) is 0.364. The fourth-order valence-corrected chi connectivity index (χ4v) is 3.48. The average Bonchev–Trinajstić information content (AvgIpc) is 3.23. The number of carbonyl (C=O) groups excluding carboxylic acids is 2. The van der Waals surface area contributed by atoms with E-state index in [1.54, 1.807) is 19.1 Å². The Morgan fingerprint density at radius 3 is 2.48 bits per heavy atom. The van der Waals surface area contributed by atoms with E-state index in [4.69, 9.17) is 9.15 Å². The topological polar surface area (TPSA) is 85.0 Å². The Morgan fingerprint density at radius 1 is 1.14 bits per heavy atom. The number of likely N-dealkylation sites (N-methyl/N-ethyl adjacent to an activating group) is 1. The van der Waals surface area contributed by atoms with Gasteiger partial charge in [0.05, 0.1) is 31.2 Å². The first-order chi connectivity index (χ1) is 14.0. The van der Waals surface area contributed by atoms with Crippen molar-refractivity contribution in [3.63, 3.8) is 0 Å². The van der Waals surface area contributed by atoms with Crippen LogP contribution < -0.4 is 15.5 Å². The van der Waals surface area contributed by atoms with Gasteiger partial charge in [-0.05, 0) is 31.0 Å². The van der Waals surface area contributed by atoms with Gasteiger partial charge in [0.2, 0.25) is 0 Å². The van der Waals surface area contributed by atoms with Crippen LogP contribution in [0, 0.1) is 0 Å². The zero-order valence-corrected chi connectivity index (χ0v) is 17.1. The molecule has 3 N–H and O–H groups in total. The molecule has 0 bridgehead atoms. The molecule has 2 aromatic rings. The number of esters is 1. The Bertz CT molecular complexity index is 872. The molecule has 0 spiro atoms. The molecule has 7 nitrogen and oxygen atoms in total. The highest BCUT2D eigenvalue weighted by molar-refractivity contribution is 5.95. The molecule has 0 aliphatic carbocycles. The summed E-state index contributed by atoms with van der Waals surface area (Å²) in [5, 5.41) is 5.56. The third kappa shape index (κ3) is 5.06. The molecule has 2 atom stereocenters. The van der Waals surface area contributed by atoms with Crippen molar-refractivity contribution in [1.82, 2.24) is 10.6 Å². The number of quaternary nitrogens is 1. The molecule has 29 heavy (non-hydrogen) atoms. The second-order valence-corrected chi connectivity index (χ2v) is 7.14. The van der Waals surface area contributed by atoms with Crippen molar-refractivity contribution in [2.75, 3.05) is 20.2 Å². The largest absolute Gasteiger partial charge is 0.467 e. The molecule has 1 aliphatic heterocycles. The molecule has 1 aliphatic rings. The summed E-state index contributed by atoms with van der Waals surface area (Å²) < 4.78 is 10.7. The summed E-state index contributed by atoms with van der Waals surface area (Å²) in [7, 11) is 2.03. The Hall–Kier alpha value is -3.06. The van der Waals surface area contributed by atoms with Gasteiger partial charge in [-0.2, -0.15) is 0 Å². The van der Waals surface area contributed by atoms with Crippen LogP contribution in [-0.2, 0) is 22.5 Å². The summed E-state index contributed by atoms with van der Waals surface area (Å²) in [4.78, 5) is 26.1. The first-order valence-corrected chi connectivity index (χ1v) is 9.92. The van der Waals surface area contributed by atoms with Gasteiger partial charge in [0.1, 0.15) is 24.9 Å². The second-order valence-electron chi connectivity index (χ2n) is 7.14. The van der Waals surface area contributed by atoms with E-state index in [2.05, 4.69) is 41.8 Å². The molecule has 0 radical (unpaired) electrons. The van der Waals surface area contributed by atoms with Crippen LogP contribution in [0.25, 0.3) is 0 Å². The van der Waals surface area contributed by atoms with Gasteiger partial charge in [-0.1, -0.05) is 31.2 Å². The van der Waals surface area contributed by atoms with E-state index in [1.165, 1.54) is 17.4 Å². The van der Waals surface area contributed by atoms with Crippen LogP contribution in [0.5, 0.6) is 0 Å². The minimum Gasteiger partial charge on any atom is -0.467 e. The Morgan fingerprint density at radius 2 is 1.86 bits per heavy atom. The molecule has 3 rings (SSSR count). The predicted molar refractivity (Wildman–Crippen MR) is 108 cm³/mol. The lowest BCUT2D eigenvalue weighted by Gasteiger charge is -2.28. The van der Waals surface area contributed by atoms with Crippen molar-refractivity contribution in [3.05, 3.63) is 70.8 Å². The average molecular weight is 398 g/mol. The number of aryl methyl sites for hydroxylation is 1. The van der Waals surface area contributed by atoms with Crippen molar-refractivity contribution in [1.29, 1.82) is 0 Å².